The van der Waals surface area contributed by atoms with Crippen LogP contribution < -0.4 is 14.8 Å². The largest absolute Gasteiger partial charge is 0.497 e. The monoisotopic (exact) mass is 391 g/mol. The fraction of sp³-hybridized carbons (Fsp3) is 0.250. The van der Waals surface area contributed by atoms with E-state index in [1.54, 1.807) is 14.0 Å². The standard InChI is InChI=1S/C24H25NO4/c1-17(26)3-4-18-6-10-22(11-7-18)29-16-24(27)25-15-19-5-8-21-14-23(28-2)12-9-20(21)13-19/h5-14H,3-4,15-16H2,1-2H3,(H,25,27). The van der Waals surface area contributed by atoms with Crippen LogP contribution in [-0.2, 0) is 22.6 Å². The Morgan fingerprint density at radius 1 is 0.862 bits per heavy atom. The van der Waals surface area contributed by atoms with Gasteiger partial charge in [-0.2, -0.15) is 0 Å². The molecule has 0 radical (unpaired) electrons. The summed E-state index contributed by atoms with van der Waals surface area (Å²) >= 11 is 0. The minimum absolute atomic E-state index is 0.0441. The van der Waals surface area contributed by atoms with Gasteiger partial charge in [0.1, 0.15) is 17.3 Å². The van der Waals surface area contributed by atoms with E-state index >= 15 is 0 Å². The molecule has 29 heavy (non-hydrogen) atoms. The lowest BCUT2D eigenvalue weighted by molar-refractivity contribution is -0.123. The first-order chi connectivity index (χ1) is 14.0. The molecule has 0 aliphatic carbocycles. The Morgan fingerprint density at radius 3 is 2.24 bits per heavy atom. The van der Waals surface area contributed by atoms with E-state index in [4.69, 9.17) is 9.47 Å². The van der Waals surface area contributed by atoms with Gasteiger partial charge in [-0.15, -0.1) is 0 Å². The topological polar surface area (TPSA) is 64.6 Å². The van der Waals surface area contributed by atoms with Crippen molar-refractivity contribution >= 4 is 22.5 Å². The summed E-state index contributed by atoms with van der Waals surface area (Å²) in [6.45, 7) is 1.98. The zero-order chi connectivity index (χ0) is 20.6. The molecule has 0 aromatic heterocycles. The molecule has 0 heterocycles. The third-order valence-corrected chi connectivity index (χ3v) is 4.66. The van der Waals surface area contributed by atoms with Crippen LogP contribution in [0.3, 0.4) is 0 Å². The second kappa shape index (κ2) is 9.73. The van der Waals surface area contributed by atoms with Gasteiger partial charge in [0.15, 0.2) is 6.61 Å². The molecule has 3 aromatic rings. The fourth-order valence-electron chi connectivity index (χ4n) is 2.98. The van der Waals surface area contributed by atoms with Crippen molar-refractivity contribution in [3.05, 3.63) is 71.8 Å². The van der Waals surface area contributed by atoms with Crippen molar-refractivity contribution in [1.82, 2.24) is 5.32 Å². The molecule has 0 bridgehead atoms. The highest BCUT2D eigenvalue weighted by atomic mass is 16.5. The maximum absolute atomic E-state index is 12.1. The van der Waals surface area contributed by atoms with Crippen LogP contribution >= 0.6 is 0 Å². The summed E-state index contributed by atoms with van der Waals surface area (Å²) in [5, 5.41) is 5.06. The number of carbonyl (C=O) groups excluding carboxylic acids is 2. The number of amides is 1. The number of Topliss-reactive ketones (excluding diaryl/α,β-unsaturated/α-hetero) is 1. The maximum Gasteiger partial charge on any atom is 0.258 e. The predicted molar refractivity (Wildman–Crippen MR) is 113 cm³/mol. The number of benzene rings is 3. The van der Waals surface area contributed by atoms with Gasteiger partial charge >= 0.3 is 0 Å². The van der Waals surface area contributed by atoms with Crippen LogP contribution in [0.2, 0.25) is 0 Å². The SMILES string of the molecule is COc1ccc2cc(CNC(=O)COc3ccc(CCC(C)=O)cc3)ccc2c1. The predicted octanol–water partition coefficient (Wildman–Crippen LogP) is 4.07. The van der Waals surface area contributed by atoms with Crippen molar-refractivity contribution in [3.8, 4) is 11.5 Å². The highest BCUT2D eigenvalue weighted by Crippen LogP contribution is 2.21. The number of methoxy groups -OCH3 is 1. The molecule has 5 nitrogen and oxygen atoms in total. The van der Waals surface area contributed by atoms with Crippen molar-refractivity contribution < 1.29 is 19.1 Å². The molecular formula is C24H25NO4. The number of carbonyl (C=O) groups is 2. The first-order valence-electron chi connectivity index (χ1n) is 9.58. The highest BCUT2D eigenvalue weighted by Gasteiger charge is 2.05. The van der Waals surface area contributed by atoms with Gasteiger partial charge in [0.2, 0.25) is 0 Å². The molecule has 0 atom stereocenters. The van der Waals surface area contributed by atoms with Crippen LogP contribution in [0.15, 0.2) is 60.7 Å². The molecule has 5 heteroatoms. The Labute approximate surface area is 170 Å². The van der Waals surface area contributed by atoms with Crippen molar-refractivity contribution in [2.24, 2.45) is 0 Å². The maximum atomic E-state index is 12.1. The van der Waals surface area contributed by atoms with Crippen LogP contribution in [0.5, 0.6) is 11.5 Å². The number of fused-ring (bicyclic) bond motifs is 1. The molecule has 0 aliphatic rings. The number of ether oxygens (including phenoxy) is 2. The molecular weight excluding hydrogens is 366 g/mol. The first kappa shape index (κ1) is 20.4. The molecule has 0 spiro atoms. The van der Waals surface area contributed by atoms with Gasteiger partial charge in [0, 0.05) is 13.0 Å². The van der Waals surface area contributed by atoms with E-state index in [-0.39, 0.29) is 18.3 Å². The van der Waals surface area contributed by atoms with E-state index in [0.717, 1.165) is 27.6 Å². The van der Waals surface area contributed by atoms with Crippen molar-refractivity contribution in [3.63, 3.8) is 0 Å². The average molecular weight is 391 g/mol. The van der Waals surface area contributed by atoms with Crippen LogP contribution in [0, 0.1) is 0 Å². The average Bonchev–Trinajstić information content (AvgIpc) is 2.75. The van der Waals surface area contributed by atoms with Gasteiger partial charge in [-0.05, 0) is 65.6 Å². The van der Waals surface area contributed by atoms with Gasteiger partial charge in [0.25, 0.3) is 5.91 Å². The van der Waals surface area contributed by atoms with Gasteiger partial charge in [0.05, 0.1) is 7.11 Å². The van der Waals surface area contributed by atoms with Crippen LogP contribution in [0.1, 0.15) is 24.5 Å². The number of ketones is 1. The summed E-state index contributed by atoms with van der Waals surface area (Å²) in [7, 11) is 1.65. The van der Waals surface area contributed by atoms with E-state index in [2.05, 4.69) is 11.4 Å². The van der Waals surface area contributed by atoms with E-state index in [1.165, 1.54) is 0 Å². The molecule has 3 rings (SSSR count). The summed E-state index contributed by atoms with van der Waals surface area (Å²) in [5.74, 6) is 1.45. The zero-order valence-electron chi connectivity index (χ0n) is 16.7. The third kappa shape index (κ3) is 6.07. The second-order valence-electron chi connectivity index (χ2n) is 6.96. The van der Waals surface area contributed by atoms with Gasteiger partial charge in [-0.25, -0.2) is 0 Å². The van der Waals surface area contributed by atoms with E-state index in [9.17, 15) is 9.59 Å². The first-order valence-corrected chi connectivity index (χ1v) is 9.58. The molecule has 1 N–H and O–H groups in total. The summed E-state index contributed by atoms with van der Waals surface area (Å²) in [4.78, 5) is 23.1. The fourth-order valence-corrected chi connectivity index (χ4v) is 2.98. The third-order valence-electron chi connectivity index (χ3n) is 4.66. The Kier molecular flexibility index (Phi) is 6.85. The summed E-state index contributed by atoms with van der Waals surface area (Å²) in [6.07, 6.45) is 1.25. The van der Waals surface area contributed by atoms with Crippen molar-refractivity contribution in [1.29, 1.82) is 0 Å². The summed E-state index contributed by atoms with van der Waals surface area (Å²) in [5.41, 5.74) is 2.09. The normalized spacial score (nSPS) is 10.6. The van der Waals surface area contributed by atoms with E-state index in [0.29, 0.717) is 25.1 Å². The molecule has 1 amide bonds. The second-order valence-corrected chi connectivity index (χ2v) is 6.96. The lowest BCUT2D eigenvalue weighted by atomic mass is 10.1. The number of aryl methyl sites for hydroxylation is 1. The molecule has 3 aromatic carbocycles. The molecule has 0 fully saturated rings. The van der Waals surface area contributed by atoms with Gasteiger partial charge < -0.3 is 19.6 Å². The minimum atomic E-state index is -0.180. The van der Waals surface area contributed by atoms with Crippen LogP contribution in [0.4, 0.5) is 0 Å². The Bertz CT molecular complexity index is 995. The van der Waals surface area contributed by atoms with Gasteiger partial charge in [-0.1, -0.05) is 30.3 Å². The Morgan fingerprint density at radius 2 is 1.52 bits per heavy atom. The van der Waals surface area contributed by atoms with E-state index < -0.39 is 0 Å². The van der Waals surface area contributed by atoms with Crippen molar-refractivity contribution in [2.45, 2.75) is 26.3 Å². The number of hydrogen-bond acceptors (Lipinski definition) is 4. The Hall–Kier alpha value is -3.34. The molecule has 0 saturated heterocycles. The van der Waals surface area contributed by atoms with E-state index in [1.807, 2.05) is 54.6 Å². The van der Waals surface area contributed by atoms with Crippen LogP contribution in [0.25, 0.3) is 10.8 Å². The molecule has 150 valence electrons. The summed E-state index contributed by atoms with van der Waals surface area (Å²) in [6, 6.07) is 19.4. The molecule has 0 saturated carbocycles. The summed E-state index contributed by atoms with van der Waals surface area (Å²) < 4.78 is 10.8. The minimum Gasteiger partial charge on any atom is -0.497 e. The smallest absolute Gasteiger partial charge is 0.258 e. The lowest BCUT2D eigenvalue weighted by Gasteiger charge is -2.09. The number of nitrogens with one attached hydrogen (secondary N) is 1. The van der Waals surface area contributed by atoms with Crippen LogP contribution in [-0.4, -0.2) is 25.4 Å². The van der Waals surface area contributed by atoms with Gasteiger partial charge in [-0.3, -0.25) is 4.79 Å². The zero-order valence-corrected chi connectivity index (χ0v) is 16.7. The molecule has 0 aliphatic heterocycles. The highest BCUT2D eigenvalue weighted by molar-refractivity contribution is 5.84. The van der Waals surface area contributed by atoms with Crippen molar-refractivity contribution in [2.75, 3.05) is 13.7 Å². The quantitative estimate of drug-likeness (QED) is 0.597. The number of hydrogen-bond donors (Lipinski definition) is 1. The number of rotatable bonds is 9. The molecule has 0 unspecified atom stereocenters. The lowest BCUT2D eigenvalue weighted by Crippen LogP contribution is -2.28. The Balaban J connectivity index is 1.47.